The van der Waals surface area contributed by atoms with E-state index in [0.717, 1.165) is 12.8 Å². The van der Waals surface area contributed by atoms with Crippen LogP contribution >= 0.6 is 11.6 Å². The van der Waals surface area contributed by atoms with E-state index in [2.05, 4.69) is 5.32 Å². The van der Waals surface area contributed by atoms with Gasteiger partial charge in [-0.1, -0.05) is 17.7 Å². The van der Waals surface area contributed by atoms with Crippen LogP contribution < -0.4 is 10.1 Å². The number of carbonyl (C=O) groups excluding carboxylic acids is 2. The predicted octanol–water partition coefficient (Wildman–Crippen LogP) is 4.82. The van der Waals surface area contributed by atoms with E-state index in [0.29, 0.717) is 29.2 Å². The van der Waals surface area contributed by atoms with Gasteiger partial charge in [0.05, 0.1) is 0 Å². The first kappa shape index (κ1) is 21.1. The third-order valence-electron chi connectivity index (χ3n) is 5.39. The van der Waals surface area contributed by atoms with Gasteiger partial charge in [0.25, 0.3) is 5.91 Å². The summed E-state index contributed by atoms with van der Waals surface area (Å²) in [4.78, 5) is 26.4. The average molecular weight is 419 g/mol. The summed E-state index contributed by atoms with van der Waals surface area (Å²) >= 11 is 5.86. The van der Waals surface area contributed by atoms with Crippen LogP contribution in [-0.4, -0.2) is 36.0 Å². The third-order valence-corrected chi connectivity index (χ3v) is 5.64. The monoisotopic (exact) mass is 418 g/mol. The van der Waals surface area contributed by atoms with Gasteiger partial charge in [-0.05, 0) is 69.0 Å². The molecular weight excluding hydrogens is 395 g/mol. The average Bonchev–Trinajstić information content (AvgIpc) is 2.72. The van der Waals surface area contributed by atoms with Crippen molar-refractivity contribution in [2.24, 2.45) is 5.92 Å². The lowest BCUT2D eigenvalue weighted by Crippen LogP contribution is -2.46. The number of benzene rings is 2. The Bertz CT molecular complexity index is 880. The molecule has 1 heterocycles. The number of nitrogens with zero attached hydrogens (tertiary/aromatic N) is 1. The highest BCUT2D eigenvalue weighted by Gasteiger charge is 2.28. The maximum Gasteiger partial charge on any atom is 0.415 e. The summed E-state index contributed by atoms with van der Waals surface area (Å²) in [7, 11) is 0. The fraction of sp³-hybridized carbons (Fsp3) is 0.364. The van der Waals surface area contributed by atoms with Crippen LogP contribution in [-0.2, 0) is 0 Å². The van der Waals surface area contributed by atoms with Crippen LogP contribution in [0, 0.1) is 18.7 Å². The maximum atomic E-state index is 13.6. The van der Waals surface area contributed by atoms with Crippen LogP contribution in [0.15, 0.2) is 42.5 Å². The molecule has 0 bridgehead atoms. The number of nitrogens with one attached hydrogen (secondary N) is 1. The molecule has 2 aromatic rings. The molecule has 5 nitrogen and oxygen atoms in total. The number of amides is 2. The van der Waals surface area contributed by atoms with E-state index in [4.69, 9.17) is 16.3 Å². The number of ether oxygens (including phenoxy) is 1. The lowest BCUT2D eigenvalue weighted by atomic mass is 9.90. The van der Waals surface area contributed by atoms with Crippen LogP contribution in [0.25, 0.3) is 0 Å². The van der Waals surface area contributed by atoms with Crippen molar-refractivity contribution in [1.29, 1.82) is 0 Å². The number of rotatable bonds is 4. The molecule has 1 N–H and O–H groups in total. The molecule has 1 saturated heterocycles. The van der Waals surface area contributed by atoms with E-state index in [-0.39, 0.29) is 23.6 Å². The Kier molecular flexibility index (Phi) is 6.75. The molecule has 7 heteroatoms. The van der Waals surface area contributed by atoms with Crippen molar-refractivity contribution in [3.8, 4) is 5.75 Å². The van der Waals surface area contributed by atoms with Gasteiger partial charge in [-0.15, -0.1) is 0 Å². The highest BCUT2D eigenvalue weighted by Crippen LogP contribution is 2.24. The zero-order valence-electron chi connectivity index (χ0n) is 16.5. The van der Waals surface area contributed by atoms with Crippen LogP contribution in [0.1, 0.15) is 35.7 Å². The Hall–Kier alpha value is -2.60. The maximum absolute atomic E-state index is 13.6. The second kappa shape index (κ2) is 9.27. The van der Waals surface area contributed by atoms with Crippen molar-refractivity contribution in [1.82, 2.24) is 10.2 Å². The standard InChI is InChI=1S/C22H24ClFN2O3/c1-14-19(24)4-3-5-20(14)29-22(28)26-12-10-16(11-13-26)15(2)25-21(27)17-6-8-18(23)9-7-17/h3-9,15-16H,10-13H2,1-2H3,(H,25,27)/t15-/m1/s1. The van der Waals surface area contributed by atoms with Gasteiger partial charge < -0.3 is 15.0 Å². The molecule has 3 rings (SSSR count). The topological polar surface area (TPSA) is 58.6 Å². The molecule has 1 aliphatic heterocycles. The number of piperidine rings is 1. The molecule has 0 aromatic heterocycles. The lowest BCUT2D eigenvalue weighted by molar-refractivity contribution is 0.0895. The van der Waals surface area contributed by atoms with Gasteiger partial charge in [0, 0.05) is 35.3 Å². The first-order valence-corrected chi connectivity index (χ1v) is 10.0. The fourth-order valence-corrected chi connectivity index (χ4v) is 3.57. The molecule has 0 aliphatic carbocycles. The quantitative estimate of drug-likeness (QED) is 0.774. The number of carbonyl (C=O) groups is 2. The molecule has 2 aromatic carbocycles. The number of hydrogen-bond donors (Lipinski definition) is 1. The van der Waals surface area contributed by atoms with Gasteiger partial charge in [-0.2, -0.15) is 0 Å². The minimum absolute atomic E-state index is 0.0261. The SMILES string of the molecule is Cc1c(F)cccc1OC(=O)N1CCC([C@@H](C)NC(=O)c2ccc(Cl)cc2)CC1. The van der Waals surface area contributed by atoms with Crippen LogP contribution in [0.4, 0.5) is 9.18 Å². The van der Waals surface area contributed by atoms with E-state index in [1.807, 2.05) is 6.92 Å². The largest absolute Gasteiger partial charge is 0.415 e. The Morgan fingerprint density at radius 3 is 2.48 bits per heavy atom. The summed E-state index contributed by atoms with van der Waals surface area (Å²) in [6.07, 6.45) is 1.02. The second-order valence-corrected chi connectivity index (χ2v) is 7.76. The predicted molar refractivity (Wildman–Crippen MR) is 110 cm³/mol. The highest BCUT2D eigenvalue weighted by atomic mass is 35.5. The van der Waals surface area contributed by atoms with Crippen molar-refractivity contribution in [3.63, 3.8) is 0 Å². The second-order valence-electron chi connectivity index (χ2n) is 7.32. The van der Waals surface area contributed by atoms with E-state index >= 15 is 0 Å². The normalized spacial score (nSPS) is 15.7. The molecule has 1 aliphatic rings. The van der Waals surface area contributed by atoms with E-state index in [1.165, 1.54) is 12.1 Å². The van der Waals surface area contributed by atoms with Crippen LogP contribution in [0.3, 0.4) is 0 Å². The zero-order chi connectivity index (χ0) is 21.0. The zero-order valence-corrected chi connectivity index (χ0v) is 17.2. The number of hydrogen-bond acceptors (Lipinski definition) is 3. The van der Waals surface area contributed by atoms with Crippen molar-refractivity contribution in [3.05, 3.63) is 64.4 Å². The summed E-state index contributed by atoms with van der Waals surface area (Å²) in [5, 5.41) is 3.61. The van der Waals surface area contributed by atoms with E-state index in [9.17, 15) is 14.0 Å². The first-order valence-electron chi connectivity index (χ1n) is 9.63. The minimum atomic E-state index is -0.477. The molecule has 0 spiro atoms. The summed E-state index contributed by atoms with van der Waals surface area (Å²) in [5.74, 6) is -0.0521. The molecular formula is C22H24ClFN2O3. The molecule has 0 radical (unpaired) electrons. The van der Waals surface area contributed by atoms with Crippen LogP contribution in [0.5, 0.6) is 5.75 Å². The van der Waals surface area contributed by atoms with Crippen molar-refractivity contribution >= 4 is 23.6 Å². The molecule has 29 heavy (non-hydrogen) atoms. The number of likely N-dealkylation sites (tertiary alicyclic amines) is 1. The first-order chi connectivity index (χ1) is 13.8. The summed E-state index contributed by atoms with van der Waals surface area (Å²) < 4.78 is 19.0. The van der Waals surface area contributed by atoms with Gasteiger partial charge in [-0.25, -0.2) is 9.18 Å². The molecule has 1 atom stereocenters. The smallest absolute Gasteiger partial charge is 0.410 e. The summed E-state index contributed by atoms with van der Waals surface area (Å²) in [5.41, 5.74) is 0.877. The van der Waals surface area contributed by atoms with E-state index in [1.54, 1.807) is 42.2 Å². The number of halogens is 2. The highest BCUT2D eigenvalue weighted by molar-refractivity contribution is 6.30. The van der Waals surface area contributed by atoms with Gasteiger partial charge in [0.1, 0.15) is 11.6 Å². The third kappa shape index (κ3) is 5.26. The van der Waals surface area contributed by atoms with Gasteiger partial charge in [0.15, 0.2) is 0 Å². The van der Waals surface area contributed by atoms with Crippen LogP contribution in [0.2, 0.25) is 5.02 Å². The fourth-order valence-electron chi connectivity index (χ4n) is 3.45. The lowest BCUT2D eigenvalue weighted by Gasteiger charge is -2.34. The van der Waals surface area contributed by atoms with Gasteiger partial charge in [0.2, 0.25) is 0 Å². The Labute approximate surface area is 174 Å². The van der Waals surface area contributed by atoms with Crippen molar-refractivity contribution in [2.45, 2.75) is 32.7 Å². The molecule has 0 saturated carbocycles. The summed E-state index contributed by atoms with van der Waals surface area (Å²) in [6, 6.07) is 11.2. The van der Waals surface area contributed by atoms with Crippen molar-refractivity contribution in [2.75, 3.05) is 13.1 Å². The Balaban J connectivity index is 1.50. The summed E-state index contributed by atoms with van der Waals surface area (Å²) in [6.45, 7) is 4.61. The van der Waals surface area contributed by atoms with Gasteiger partial charge in [-0.3, -0.25) is 4.79 Å². The van der Waals surface area contributed by atoms with E-state index < -0.39 is 11.9 Å². The Morgan fingerprint density at radius 1 is 1.17 bits per heavy atom. The minimum Gasteiger partial charge on any atom is -0.410 e. The molecule has 0 unspecified atom stereocenters. The molecule has 154 valence electrons. The van der Waals surface area contributed by atoms with Gasteiger partial charge >= 0.3 is 6.09 Å². The molecule has 2 amide bonds. The Morgan fingerprint density at radius 2 is 1.83 bits per heavy atom. The molecule has 1 fully saturated rings. The van der Waals surface area contributed by atoms with Crippen molar-refractivity contribution < 1.29 is 18.7 Å².